The van der Waals surface area contributed by atoms with E-state index in [1.54, 1.807) is 0 Å². The third kappa shape index (κ3) is 4.17. The van der Waals surface area contributed by atoms with Gasteiger partial charge in [-0.05, 0) is 18.8 Å². The predicted molar refractivity (Wildman–Crippen MR) is 107 cm³/mol. The van der Waals surface area contributed by atoms with Gasteiger partial charge >= 0.3 is 0 Å². The van der Waals surface area contributed by atoms with Gasteiger partial charge in [-0.2, -0.15) is 0 Å². The fourth-order valence-electron chi connectivity index (χ4n) is 5.07. The van der Waals surface area contributed by atoms with Crippen LogP contribution in [0.25, 0.3) is 0 Å². The van der Waals surface area contributed by atoms with Crippen LogP contribution in [0.4, 0.5) is 0 Å². The summed E-state index contributed by atoms with van der Waals surface area (Å²) >= 11 is 0. The van der Waals surface area contributed by atoms with E-state index in [0.717, 1.165) is 24.5 Å². The quantitative estimate of drug-likeness (QED) is 0.829. The van der Waals surface area contributed by atoms with E-state index in [0.29, 0.717) is 44.9 Å². The molecule has 1 aliphatic carbocycles. The predicted octanol–water partition coefficient (Wildman–Crippen LogP) is 1.88. The number of hydrogen-bond acceptors (Lipinski definition) is 5. The number of aromatic nitrogens is 3. The molecule has 0 spiro atoms. The molecule has 3 aliphatic rings. The molecule has 0 aromatic carbocycles. The van der Waals surface area contributed by atoms with Gasteiger partial charge in [0.15, 0.2) is 11.6 Å². The van der Waals surface area contributed by atoms with Crippen molar-refractivity contribution in [2.24, 2.45) is 11.8 Å². The number of aliphatic hydroxyl groups is 1. The van der Waals surface area contributed by atoms with Gasteiger partial charge in [0.1, 0.15) is 0 Å². The van der Waals surface area contributed by atoms with E-state index in [2.05, 4.69) is 10.2 Å². The molecular formula is C21H33N5O3. The lowest BCUT2D eigenvalue weighted by atomic mass is 9.86. The number of carbonyl (C=O) groups is 2. The first-order chi connectivity index (χ1) is 13.9. The Hall–Kier alpha value is -1.96. The molecule has 8 nitrogen and oxygen atoms in total. The minimum absolute atomic E-state index is 0.0400. The summed E-state index contributed by atoms with van der Waals surface area (Å²) in [6.07, 6.45) is 6.52. The highest BCUT2D eigenvalue weighted by atomic mass is 16.3. The molecule has 2 unspecified atom stereocenters. The Morgan fingerprint density at radius 3 is 2.62 bits per heavy atom. The maximum atomic E-state index is 13.1. The lowest BCUT2D eigenvalue weighted by molar-refractivity contribution is -0.136. The molecule has 160 valence electrons. The van der Waals surface area contributed by atoms with Crippen molar-refractivity contribution in [1.29, 1.82) is 0 Å². The lowest BCUT2D eigenvalue weighted by Gasteiger charge is -2.31. The van der Waals surface area contributed by atoms with Gasteiger partial charge in [0.2, 0.25) is 11.8 Å². The van der Waals surface area contributed by atoms with Crippen LogP contribution in [0.5, 0.6) is 0 Å². The van der Waals surface area contributed by atoms with E-state index in [-0.39, 0.29) is 23.8 Å². The Morgan fingerprint density at radius 2 is 1.90 bits per heavy atom. The molecule has 1 saturated carbocycles. The molecular weight excluding hydrogens is 370 g/mol. The second-order valence-electron chi connectivity index (χ2n) is 9.20. The molecule has 2 amide bonds. The second kappa shape index (κ2) is 8.42. The molecule has 0 radical (unpaired) electrons. The average Bonchev–Trinajstić information content (AvgIpc) is 3.30. The standard InChI is InChI=1S/C21H33N5O3/c1-14(2)21(29)24-8-9-25-18(13-24)22-23-20(25)17-11-16(27)12-26(17)19(28)10-15-6-4-3-5-7-15/h14-17,27H,3-13H2,1-2H3. The van der Waals surface area contributed by atoms with E-state index in [4.69, 9.17) is 0 Å². The molecule has 1 aromatic heterocycles. The van der Waals surface area contributed by atoms with E-state index in [1.807, 2.05) is 28.2 Å². The van der Waals surface area contributed by atoms with Gasteiger partial charge in [-0.1, -0.05) is 33.1 Å². The first kappa shape index (κ1) is 20.3. The number of carbonyl (C=O) groups excluding carboxylic acids is 2. The van der Waals surface area contributed by atoms with Crippen LogP contribution in [0.3, 0.4) is 0 Å². The minimum Gasteiger partial charge on any atom is -0.391 e. The number of β-amino-alcohol motifs (C(OH)–C–C–N with tert-alkyl or cyclic N) is 1. The lowest BCUT2D eigenvalue weighted by Crippen LogP contribution is -2.41. The summed E-state index contributed by atoms with van der Waals surface area (Å²) < 4.78 is 2.05. The minimum atomic E-state index is -0.522. The highest BCUT2D eigenvalue weighted by Crippen LogP contribution is 2.35. The molecule has 2 aliphatic heterocycles. The maximum absolute atomic E-state index is 13.1. The second-order valence-corrected chi connectivity index (χ2v) is 9.20. The van der Waals surface area contributed by atoms with Crippen LogP contribution in [-0.2, 0) is 22.7 Å². The van der Waals surface area contributed by atoms with Gasteiger partial charge in [-0.25, -0.2) is 0 Å². The fraction of sp³-hybridized carbons (Fsp3) is 0.810. The van der Waals surface area contributed by atoms with Crippen molar-refractivity contribution in [3.05, 3.63) is 11.6 Å². The van der Waals surface area contributed by atoms with Gasteiger partial charge < -0.3 is 19.5 Å². The van der Waals surface area contributed by atoms with Crippen LogP contribution in [0.2, 0.25) is 0 Å². The molecule has 1 saturated heterocycles. The van der Waals surface area contributed by atoms with E-state index in [9.17, 15) is 14.7 Å². The molecule has 2 fully saturated rings. The fourth-order valence-corrected chi connectivity index (χ4v) is 5.07. The average molecular weight is 404 g/mol. The van der Waals surface area contributed by atoms with E-state index < -0.39 is 6.10 Å². The Balaban J connectivity index is 1.49. The van der Waals surface area contributed by atoms with Crippen LogP contribution < -0.4 is 0 Å². The van der Waals surface area contributed by atoms with Crippen molar-refractivity contribution >= 4 is 11.8 Å². The Kier molecular flexibility index (Phi) is 5.90. The first-order valence-corrected chi connectivity index (χ1v) is 11.1. The Morgan fingerprint density at radius 1 is 1.14 bits per heavy atom. The SMILES string of the molecule is CC(C)C(=O)N1CCn2c(nnc2C2CC(O)CN2C(=O)CC2CCCCC2)C1. The van der Waals surface area contributed by atoms with Crippen molar-refractivity contribution in [2.45, 2.75) is 84.0 Å². The number of nitrogens with zero attached hydrogens (tertiary/aromatic N) is 5. The number of fused-ring (bicyclic) bond motifs is 1. The normalized spacial score (nSPS) is 25.5. The molecule has 1 aromatic rings. The summed E-state index contributed by atoms with van der Waals surface area (Å²) in [6.45, 7) is 5.89. The smallest absolute Gasteiger partial charge is 0.225 e. The topological polar surface area (TPSA) is 91.6 Å². The Bertz CT molecular complexity index is 755. The summed E-state index contributed by atoms with van der Waals surface area (Å²) in [7, 11) is 0. The Labute approximate surface area is 172 Å². The van der Waals surface area contributed by atoms with Crippen molar-refractivity contribution in [3.63, 3.8) is 0 Å². The number of hydrogen-bond donors (Lipinski definition) is 1. The van der Waals surface area contributed by atoms with Crippen LogP contribution >= 0.6 is 0 Å². The summed E-state index contributed by atoms with van der Waals surface area (Å²) in [4.78, 5) is 29.0. The van der Waals surface area contributed by atoms with Gasteiger partial charge in [0, 0.05) is 38.4 Å². The van der Waals surface area contributed by atoms with Crippen molar-refractivity contribution in [1.82, 2.24) is 24.6 Å². The molecule has 2 atom stereocenters. The van der Waals surface area contributed by atoms with E-state index >= 15 is 0 Å². The number of rotatable bonds is 4. The summed E-state index contributed by atoms with van der Waals surface area (Å²) in [5.41, 5.74) is 0. The van der Waals surface area contributed by atoms with Crippen LogP contribution in [-0.4, -0.2) is 60.7 Å². The third-order valence-electron chi connectivity index (χ3n) is 6.67. The van der Waals surface area contributed by atoms with Gasteiger partial charge in [-0.15, -0.1) is 10.2 Å². The highest BCUT2D eigenvalue weighted by Gasteiger charge is 2.40. The van der Waals surface area contributed by atoms with Crippen LogP contribution in [0.1, 0.15) is 76.5 Å². The number of aliphatic hydroxyl groups excluding tert-OH is 1. The van der Waals surface area contributed by atoms with Crippen LogP contribution in [0, 0.1) is 11.8 Å². The first-order valence-electron chi connectivity index (χ1n) is 11.1. The van der Waals surface area contributed by atoms with Crippen LogP contribution in [0.15, 0.2) is 0 Å². The zero-order valence-corrected chi connectivity index (χ0v) is 17.6. The summed E-state index contributed by atoms with van der Waals surface area (Å²) in [5.74, 6) is 2.20. The molecule has 29 heavy (non-hydrogen) atoms. The monoisotopic (exact) mass is 403 g/mol. The summed E-state index contributed by atoms with van der Waals surface area (Å²) in [6, 6.07) is -0.227. The van der Waals surface area contributed by atoms with Crippen molar-refractivity contribution in [3.8, 4) is 0 Å². The van der Waals surface area contributed by atoms with Gasteiger partial charge in [0.05, 0.1) is 18.7 Å². The molecule has 8 heteroatoms. The largest absolute Gasteiger partial charge is 0.391 e. The van der Waals surface area contributed by atoms with Gasteiger partial charge in [0.25, 0.3) is 0 Å². The molecule has 4 rings (SSSR count). The highest BCUT2D eigenvalue weighted by molar-refractivity contribution is 5.78. The molecule has 0 bridgehead atoms. The maximum Gasteiger partial charge on any atom is 0.225 e. The summed E-state index contributed by atoms with van der Waals surface area (Å²) in [5, 5.41) is 19.0. The molecule has 1 N–H and O–H groups in total. The van der Waals surface area contributed by atoms with Crippen molar-refractivity contribution < 1.29 is 14.7 Å². The number of likely N-dealkylation sites (tertiary alicyclic amines) is 1. The zero-order valence-electron chi connectivity index (χ0n) is 17.6. The van der Waals surface area contributed by atoms with Crippen molar-refractivity contribution in [2.75, 3.05) is 13.1 Å². The van der Waals surface area contributed by atoms with E-state index in [1.165, 1.54) is 19.3 Å². The van der Waals surface area contributed by atoms with Gasteiger partial charge in [-0.3, -0.25) is 9.59 Å². The third-order valence-corrected chi connectivity index (χ3v) is 6.67. The zero-order chi connectivity index (χ0) is 20.5. The molecule has 3 heterocycles. The number of amides is 2.